The maximum atomic E-state index is 13.1. The lowest BCUT2D eigenvalue weighted by Crippen LogP contribution is -2.30. The van der Waals surface area contributed by atoms with Gasteiger partial charge in [0.2, 0.25) is 0 Å². The Morgan fingerprint density at radius 3 is 2.22 bits per heavy atom. The molecule has 248 valence electrons. The average Bonchev–Trinajstić information content (AvgIpc) is 3.14. The van der Waals surface area contributed by atoms with E-state index in [1.165, 1.54) is 40.5 Å². The van der Waals surface area contributed by atoms with Gasteiger partial charge in [-0.15, -0.1) is 21.1 Å². The molecule has 6 rings (SSSR count). The predicted octanol–water partition coefficient (Wildman–Crippen LogP) is 8.73. The molecule has 0 aliphatic carbocycles. The number of rotatable bonds is 12. The first-order chi connectivity index (χ1) is 23.9. The van der Waals surface area contributed by atoms with Crippen molar-refractivity contribution in [3.05, 3.63) is 149 Å². The molecule has 0 radical (unpaired) electrons. The summed E-state index contributed by atoms with van der Waals surface area (Å²) in [6.07, 6.45) is 4.22. The van der Waals surface area contributed by atoms with E-state index in [9.17, 15) is 13.3 Å². The van der Waals surface area contributed by atoms with E-state index in [4.69, 9.17) is 5.73 Å². The maximum absolute atomic E-state index is 13.1. The molecule has 5 aromatic rings. The molecule has 1 saturated heterocycles. The lowest BCUT2D eigenvalue weighted by Gasteiger charge is -2.30. The van der Waals surface area contributed by atoms with Crippen LogP contribution in [-0.4, -0.2) is 39.6 Å². The van der Waals surface area contributed by atoms with Crippen LogP contribution in [-0.2, 0) is 10.0 Å². The lowest BCUT2D eigenvalue weighted by atomic mass is 9.95. The summed E-state index contributed by atoms with van der Waals surface area (Å²) in [5.74, 6) is 0.621. The van der Waals surface area contributed by atoms with Crippen LogP contribution in [0.1, 0.15) is 24.0 Å². The van der Waals surface area contributed by atoms with E-state index in [2.05, 4.69) is 74.4 Å². The Morgan fingerprint density at radius 1 is 0.837 bits per heavy atom. The minimum absolute atomic E-state index is 0.0103. The summed E-state index contributed by atoms with van der Waals surface area (Å²) < 4.78 is 30.1. The van der Waals surface area contributed by atoms with E-state index in [1.807, 2.05) is 48.5 Å². The summed E-state index contributed by atoms with van der Waals surface area (Å²) in [7, 11) is -4.19. The fourth-order valence-electron chi connectivity index (χ4n) is 5.77. The molecule has 0 amide bonds. The number of sulfonamides is 1. The van der Waals surface area contributed by atoms with Gasteiger partial charge in [0.05, 0.1) is 10.6 Å². The second kappa shape index (κ2) is 15.8. The number of amidine groups is 1. The van der Waals surface area contributed by atoms with Gasteiger partial charge < -0.3 is 16.0 Å². The SMILES string of the molecule is N/C(=N/S(=O)(=O)c1ccc(NCCSc2ccccc2)c(N=O)c1)c1ccc(N2CCC(=Cc3ccccc3-c3ccccc3)CC2)cc1. The molecule has 0 bridgehead atoms. The lowest BCUT2D eigenvalue weighted by molar-refractivity contribution is 0.598. The fraction of sp³-hybridized carbons (Fsp3) is 0.154. The Bertz CT molecular complexity index is 2060. The standard InChI is InChI=1S/C39H37N5O3S2/c40-39(43-49(46,47)35-19-20-37(38(28-35)42-45)41-23-26-48-34-12-5-2-6-13-34)31-15-17-33(18-16-31)44-24-21-29(22-25-44)27-32-11-7-8-14-36(32)30-9-3-1-4-10-30/h1-20,27-28,41H,21-26H2,(H2,40,43). The van der Waals surface area contributed by atoms with Crippen molar-refractivity contribution in [1.29, 1.82) is 0 Å². The molecule has 8 nitrogen and oxygen atoms in total. The van der Waals surface area contributed by atoms with Gasteiger partial charge in [0, 0.05) is 41.5 Å². The summed E-state index contributed by atoms with van der Waals surface area (Å²) in [5, 5.41) is 6.20. The molecule has 10 heteroatoms. The van der Waals surface area contributed by atoms with E-state index in [1.54, 1.807) is 23.9 Å². The largest absolute Gasteiger partial charge is 0.383 e. The monoisotopic (exact) mass is 687 g/mol. The highest BCUT2D eigenvalue weighted by atomic mass is 32.2. The van der Waals surface area contributed by atoms with Crippen LogP contribution in [0.2, 0.25) is 0 Å². The van der Waals surface area contributed by atoms with Gasteiger partial charge in [-0.25, -0.2) is 0 Å². The minimum Gasteiger partial charge on any atom is -0.383 e. The quantitative estimate of drug-likeness (QED) is 0.0443. The fourth-order valence-corrected chi connectivity index (χ4v) is 7.53. The first-order valence-corrected chi connectivity index (χ1v) is 18.5. The zero-order valence-corrected chi connectivity index (χ0v) is 28.5. The van der Waals surface area contributed by atoms with Crippen LogP contribution in [0.5, 0.6) is 0 Å². The third-order valence-corrected chi connectivity index (χ3v) is 10.7. The molecular weight excluding hydrogens is 651 g/mol. The molecule has 1 heterocycles. The van der Waals surface area contributed by atoms with Crippen LogP contribution in [0, 0.1) is 4.91 Å². The number of anilines is 2. The minimum atomic E-state index is -4.19. The third kappa shape index (κ3) is 8.65. The van der Waals surface area contributed by atoms with Crippen molar-refractivity contribution in [3.63, 3.8) is 0 Å². The zero-order chi connectivity index (χ0) is 34.1. The van der Waals surface area contributed by atoms with Crippen molar-refractivity contribution in [3.8, 4) is 11.1 Å². The Balaban J connectivity index is 1.06. The number of nitrogens with zero attached hydrogens (tertiary/aromatic N) is 3. The molecule has 1 fully saturated rings. The van der Waals surface area contributed by atoms with Crippen molar-refractivity contribution in [2.24, 2.45) is 15.3 Å². The van der Waals surface area contributed by atoms with Crippen LogP contribution >= 0.6 is 11.8 Å². The molecule has 1 aliphatic heterocycles. The Morgan fingerprint density at radius 2 is 1.51 bits per heavy atom. The van der Waals surface area contributed by atoms with Gasteiger partial charge in [-0.05, 0) is 89.3 Å². The summed E-state index contributed by atoms with van der Waals surface area (Å²) in [4.78, 5) is 14.9. The molecule has 1 aliphatic rings. The summed E-state index contributed by atoms with van der Waals surface area (Å²) >= 11 is 1.67. The molecular formula is C39H37N5O3S2. The highest BCUT2D eigenvalue weighted by Gasteiger charge is 2.19. The Hall–Kier alpha value is -5.19. The van der Waals surface area contributed by atoms with Crippen molar-refractivity contribution in [2.75, 3.05) is 35.6 Å². The summed E-state index contributed by atoms with van der Waals surface area (Å²) in [6, 6.07) is 40.5. The normalized spacial score (nSPS) is 13.6. The van der Waals surface area contributed by atoms with E-state index in [0.717, 1.165) is 42.3 Å². The second-order valence-corrected chi connectivity index (χ2v) is 14.4. The number of thioether (sulfide) groups is 1. The molecule has 3 N–H and O–H groups in total. The van der Waals surface area contributed by atoms with E-state index < -0.39 is 10.0 Å². The number of benzene rings is 5. The van der Waals surface area contributed by atoms with Gasteiger partial charge >= 0.3 is 0 Å². The van der Waals surface area contributed by atoms with Crippen LogP contribution in [0.25, 0.3) is 17.2 Å². The van der Waals surface area contributed by atoms with Gasteiger partial charge in [-0.2, -0.15) is 8.42 Å². The first kappa shape index (κ1) is 33.7. The Kier molecular flexibility index (Phi) is 10.9. The number of hydrogen-bond donors (Lipinski definition) is 2. The first-order valence-electron chi connectivity index (χ1n) is 16.1. The van der Waals surface area contributed by atoms with Crippen LogP contribution in [0.3, 0.4) is 0 Å². The van der Waals surface area contributed by atoms with Gasteiger partial charge in [-0.3, -0.25) is 0 Å². The zero-order valence-electron chi connectivity index (χ0n) is 26.9. The van der Waals surface area contributed by atoms with Crippen LogP contribution in [0.15, 0.2) is 152 Å². The van der Waals surface area contributed by atoms with E-state index in [-0.39, 0.29) is 16.4 Å². The van der Waals surface area contributed by atoms with Crippen LogP contribution in [0.4, 0.5) is 17.1 Å². The van der Waals surface area contributed by atoms with E-state index >= 15 is 0 Å². The third-order valence-electron chi connectivity index (χ3n) is 8.35. The molecule has 0 saturated carbocycles. The number of hydrogen-bond acceptors (Lipinski definition) is 7. The average molecular weight is 688 g/mol. The van der Waals surface area contributed by atoms with Crippen LogP contribution < -0.4 is 16.0 Å². The maximum Gasteiger partial charge on any atom is 0.284 e. The van der Waals surface area contributed by atoms with Crippen molar-refractivity contribution < 1.29 is 8.42 Å². The molecule has 0 atom stereocenters. The number of nitrogens with one attached hydrogen (secondary N) is 1. The van der Waals surface area contributed by atoms with Crippen molar-refractivity contribution in [1.82, 2.24) is 0 Å². The molecule has 5 aromatic carbocycles. The van der Waals surface area contributed by atoms with Gasteiger partial charge in [0.25, 0.3) is 10.0 Å². The summed E-state index contributed by atoms with van der Waals surface area (Å²) in [6.45, 7) is 2.31. The number of piperidine rings is 1. The molecule has 49 heavy (non-hydrogen) atoms. The number of nitroso groups, excluding NO2 is 1. The van der Waals surface area contributed by atoms with Crippen molar-refractivity contribution in [2.45, 2.75) is 22.6 Å². The number of nitrogens with two attached hydrogens (primary N) is 1. The summed E-state index contributed by atoms with van der Waals surface area (Å²) in [5.41, 5.74) is 13.2. The molecule has 0 aromatic heterocycles. The smallest absolute Gasteiger partial charge is 0.284 e. The van der Waals surface area contributed by atoms with Gasteiger partial charge in [0.1, 0.15) is 11.5 Å². The topological polar surface area (TPSA) is 117 Å². The van der Waals surface area contributed by atoms with E-state index in [0.29, 0.717) is 17.8 Å². The van der Waals surface area contributed by atoms with Crippen molar-refractivity contribution >= 4 is 50.8 Å². The molecule has 0 unspecified atom stereocenters. The Labute approximate surface area is 291 Å². The molecule has 0 spiro atoms. The van der Waals surface area contributed by atoms with Gasteiger partial charge in [0.15, 0.2) is 0 Å². The second-order valence-electron chi connectivity index (χ2n) is 11.6. The predicted molar refractivity (Wildman–Crippen MR) is 203 cm³/mol. The highest BCUT2D eigenvalue weighted by molar-refractivity contribution is 7.99. The van der Waals surface area contributed by atoms with Gasteiger partial charge in [-0.1, -0.05) is 84.4 Å². The highest BCUT2D eigenvalue weighted by Crippen LogP contribution is 2.31.